The van der Waals surface area contributed by atoms with Crippen LogP contribution >= 0.6 is 0 Å². The zero-order valence-electron chi connectivity index (χ0n) is 24.6. The summed E-state index contributed by atoms with van der Waals surface area (Å²) in [6.07, 6.45) is 2.46. The normalized spacial score (nSPS) is 17.7. The molecular formula is C31H40N2O7S. The summed E-state index contributed by atoms with van der Waals surface area (Å²) in [5, 5.41) is 3.49. The van der Waals surface area contributed by atoms with Gasteiger partial charge in [-0.05, 0) is 90.0 Å². The van der Waals surface area contributed by atoms with Crippen LogP contribution in [0.2, 0.25) is 0 Å². The number of ether oxygens (including phenoxy) is 3. The van der Waals surface area contributed by atoms with Crippen LogP contribution in [0.1, 0.15) is 62.3 Å². The number of carbonyl (C=O) groups excluding carboxylic acids is 2. The number of para-hydroxylation sites is 1. The van der Waals surface area contributed by atoms with Gasteiger partial charge in [-0.3, -0.25) is 0 Å². The van der Waals surface area contributed by atoms with Gasteiger partial charge >= 0.3 is 6.09 Å². The highest BCUT2D eigenvalue weighted by Gasteiger charge is 2.32. The summed E-state index contributed by atoms with van der Waals surface area (Å²) in [6, 6.07) is 10.0. The number of aryl methyl sites for hydroxylation is 3. The van der Waals surface area contributed by atoms with Crippen molar-refractivity contribution in [1.29, 1.82) is 0 Å². The number of hydrogen-bond donors (Lipinski definition) is 1. The number of amides is 1. The Morgan fingerprint density at radius 3 is 2.44 bits per heavy atom. The maximum atomic E-state index is 14.1. The van der Waals surface area contributed by atoms with Gasteiger partial charge in [0.05, 0.1) is 16.5 Å². The second kappa shape index (κ2) is 12.3. The molecule has 1 aliphatic heterocycles. The van der Waals surface area contributed by atoms with Gasteiger partial charge in [0.2, 0.25) is 0 Å². The summed E-state index contributed by atoms with van der Waals surface area (Å²) < 4.78 is 46.6. The van der Waals surface area contributed by atoms with Crippen LogP contribution in [-0.4, -0.2) is 55.4 Å². The van der Waals surface area contributed by atoms with Gasteiger partial charge in [-0.2, -0.15) is 0 Å². The van der Waals surface area contributed by atoms with Crippen molar-refractivity contribution in [2.45, 2.75) is 96.2 Å². The summed E-state index contributed by atoms with van der Waals surface area (Å²) in [7, 11) is -3.97. The third kappa shape index (κ3) is 7.17. The summed E-state index contributed by atoms with van der Waals surface area (Å²) >= 11 is 0. The lowest BCUT2D eigenvalue weighted by Gasteiger charge is -2.30. The van der Waals surface area contributed by atoms with Crippen LogP contribution in [0, 0.1) is 20.8 Å². The Labute approximate surface area is 242 Å². The van der Waals surface area contributed by atoms with Crippen molar-refractivity contribution in [2.24, 2.45) is 0 Å². The Morgan fingerprint density at radius 1 is 1.15 bits per heavy atom. The number of nitrogens with zero attached hydrogens (tertiary/aromatic N) is 1. The van der Waals surface area contributed by atoms with Crippen LogP contribution in [0.5, 0.6) is 0 Å². The molecule has 0 saturated carbocycles. The molecule has 2 heterocycles. The van der Waals surface area contributed by atoms with Crippen LogP contribution in [0.25, 0.3) is 10.9 Å². The van der Waals surface area contributed by atoms with Gasteiger partial charge in [0, 0.05) is 18.2 Å². The molecule has 4 rings (SSSR count). The second-order valence-electron chi connectivity index (χ2n) is 11.7. The molecule has 1 saturated heterocycles. The van der Waals surface area contributed by atoms with E-state index in [9.17, 15) is 18.0 Å². The van der Waals surface area contributed by atoms with Gasteiger partial charge in [-0.25, -0.2) is 17.2 Å². The van der Waals surface area contributed by atoms with Gasteiger partial charge < -0.3 is 24.3 Å². The molecule has 41 heavy (non-hydrogen) atoms. The molecule has 1 fully saturated rings. The topological polar surface area (TPSA) is 113 Å². The molecule has 0 bridgehead atoms. The Balaban J connectivity index is 1.75. The number of fused-ring (bicyclic) bond motifs is 1. The first kappa shape index (κ1) is 30.7. The molecule has 9 nitrogen and oxygen atoms in total. The first-order valence-electron chi connectivity index (χ1n) is 13.9. The first-order chi connectivity index (χ1) is 19.3. The predicted octanol–water partition coefficient (Wildman–Crippen LogP) is 5.35. The van der Waals surface area contributed by atoms with E-state index in [0.717, 1.165) is 18.4 Å². The highest BCUT2D eigenvalue weighted by molar-refractivity contribution is 7.90. The first-order valence-corrected chi connectivity index (χ1v) is 15.4. The fourth-order valence-electron chi connectivity index (χ4n) is 5.41. The summed E-state index contributed by atoms with van der Waals surface area (Å²) in [6.45, 7) is 11.3. The maximum absolute atomic E-state index is 14.1. The van der Waals surface area contributed by atoms with Crippen molar-refractivity contribution in [3.8, 4) is 0 Å². The van der Waals surface area contributed by atoms with Crippen molar-refractivity contribution < 1.29 is 32.2 Å². The average molecular weight is 585 g/mol. The zero-order valence-corrected chi connectivity index (χ0v) is 25.4. The third-order valence-electron chi connectivity index (χ3n) is 7.00. The minimum absolute atomic E-state index is 0.115. The van der Waals surface area contributed by atoms with E-state index in [1.54, 1.807) is 52.9 Å². The SMILES string of the molecule is Cc1cc(C)c(S(=O)(=O)n2cc(C[C@H](NC(=O)OC(C)(C)C)[C@H](C=O)OC3CCCCO3)c3ccccc32)c(C)c1. The number of hydrogen-bond acceptors (Lipinski definition) is 7. The van der Waals surface area contributed by atoms with E-state index in [0.29, 0.717) is 46.9 Å². The molecule has 10 heteroatoms. The minimum atomic E-state index is -3.97. The second-order valence-corrected chi connectivity index (χ2v) is 13.4. The molecule has 222 valence electrons. The minimum Gasteiger partial charge on any atom is -0.444 e. The summed E-state index contributed by atoms with van der Waals surface area (Å²) in [5.74, 6) is 0. The molecule has 0 aliphatic carbocycles. The number of rotatable bonds is 9. The van der Waals surface area contributed by atoms with E-state index in [1.807, 2.05) is 31.2 Å². The van der Waals surface area contributed by atoms with Gasteiger partial charge in [0.1, 0.15) is 11.7 Å². The highest BCUT2D eigenvalue weighted by Crippen LogP contribution is 2.31. The standard InChI is InChI=1S/C31H40N2O7S/c1-20-15-21(2)29(22(3)16-20)41(36,37)33-18-23(24-11-7-8-12-26(24)33)17-25(32-30(35)40-31(4,5)6)27(19-34)39-28-13-9-10-14-38-28/h7-8,11-12,15-16,18-19,25,27-28H,9-10,13-14,17H2,1-6H3,(H,32,35)/t25-,27-,28?/m0/s1. The molecule has 3 atom stereocenters. The maximum Gasteiger partial charge on any atom is 0.407 e. The van der Waals surface area contributed by atoms with E-state index in [1.165, 1.54) is 3.97 Å². The molecule has 0 spiro atoms. The smallest absolute Gasteiger partial charge is 0.407 e. The summed E-state index contributed by atoms with van der Waals surface area (Å²) in [4.78, 5) is 25.4. The van der Waals surface area contributed by atoms with Crippen LogP contribution in [0.3, 0.4) is 0 Å². The molecule has 1 aliphatic rings. The van der Waals surface area contributed by atoms with E-state index in [2.05, 4.69) is 5.32 Å². The van der Waals surface area contributed by atoms with E-state index < -0.39 is 40.2 Å². The van der Waals surface area contributed by atoms with Crippen molar-refractivity contribution >= 4 is 33.3 Å². The number of nitrogens with one attached hydrogen (secondary N) is 1. The van der Waals surface area contributed by atoms with E-state index in [-0.39, 0.29) is 11.3 Å². The number of benzene rings is 2. The quantitative estimate of drug-likeness (QED) is 0.337. The van der Waals surface area contributed by atoms with Crippen LogP contribution < -0.4 is 5.32 Å². The van der Waals surface area contributed by atoms with E-state index >= 15 is 0 Å². The van der Waals surface area contributed by atoms with Crippen LogP contribution in [0.4, 0.5) is 4.79 Å². The highest BCUT2D eigenvalue weighted by atomic mass is 32.2. The Morgan fingerprint density at radius 2 is 1.83 bits per heavy atom. The Kier molecular flexibility index (Phi) is 9.25. The predicted molar refractivity (Wildman–Crippen MR) is 157 cm³/mol. The molecule has 1 N–H and O–H groups in total. The van der Waals surface area contributed by atoms with Crippen molar-refractivity contribution in [1.82, 2.24) is 9.29 Å². The number of alkyl carbamates (subject to hydrolysis) is 1. The number of aldehydes is 1. The average Bonchev–Trinajstić information content (AvgIpc) is 3.25. The van der Waals surface area contributed by atoms with Gasteiger partial charge in [0.25, 0.3) is 10.0 Å². The molecule has 1 unspecified atom stereocenters. The Hall–Kier alpha value is -3.21. The largest absolute Gasteiger partial charge is 0.444 e. The molecule has 0 radical (unpaired) electrons. The lowest BCUT2D eigenvalue weighted by Crippen LogP contribution is -2.49. The molecule has 2 aromatic carbocycles. The van der Waals surface area contributed by atoms with Crippen LogP contribution in [-0.2, 0) is 35.4 Å². The Bertz CT molecular complexity index is 1490. The fourth-order valence-corrected chi connectivity index (χ4v) is 7.22. The van der Waals surface area contributed by atoms with Gasteiger partial charge in [-0.15, -0.1) is 0 Å². The van der Waals surface area contributed by atoms with Gasteiger partial charge in [0.15, 0.2) is 12.6 Å². The van der Waals surface area contributed by atoms with Crippen molar-refractivity contribution in [2.75, 3.05) is 6.61 Å². The van der Waals surface area contributed by atoms with Crippen molar-refractivity contribution in [3.05, 3.63) is 64.8 Å². The molecule has 3 aromatic rings. The summed E-state index contributed by atoms with van der Waals surface area (Å²) in [5.41, 5.74) is 2.67. The van der Waals surface area contributed by atoms with Gasteiger partial charge in [-0.1, -0.05) is 35.9 Å². The lowest BCUT2D eigenvalue weighted by molar-refractivity contribution is -0.191. The molecule has 1 amide bonds. The molecule has 1 aromatic heterocycles. The monoisotopic (exact) mass is 584 g/mol. The third-order valence-corrected chi connectivity index (χ3v) is 8.98. The van der Waals surface area contributed by atoms with Crippen LogP contribution in [0.15, 0.2) is 47.5 Å². The van der Waals surface area contributed by atoms with E-state index in [4.69, 9.17) is 14.2 Å². The zero-order chi connectivity index (χ0) is 29.9. The number of carbonyl (C=O) groups is 2. The van der Waals surface area contributed by atoms with Crippen molar-refractivity contribution in [3.63, 3.8) is 0 Å². The molecular weight excluding hydrogens is 544 g/mol. The number of aromatic nitrogens is 1. The lowest BCUT2D eigenvalue weighted by atomic mass is 10.0. The fraction of sp³-hybridized carbons (Fsp3) is 0.484.